The van der Waals surface area contributed by atoms with Gasteiger partial charge in [0, 0.05) is 13.1 Å². The zero-order valence-corrected chi connectivity index (χ0v) is 17.7. The summed E-state index contributed by atoms with van der Waals surface area (Å²) in [7, 11) is -2.19. The van der Waals surface area contributed by atoms with E-state index in [1.165, 1.54) is 23.5 Å². The second-order valence-corrected chi connectivity index (χ2v) is 8.96. The molecule has 1 heterocycles. The van der Waals surface area contributed by atoms with E-state index in [-0.39, 0.29) is 17.2 Å². The van der Waals surface area contributed by atoms with E-state index in [0.29, 0.717) is 37.7 Å². The average Bonchev–Trinajstić information content (AvgIpc) is 2.71. The van der Waals surface area contributed by atoms with Gasteiger partial charge in [0.05, 0.1) is 37.3 Å². The maximum absolute atomic E-state index is 12.9. The number of morpholine rings is 1. The Balaban J connectivity index is 1.81. The highest BCUT2D eigenvalue weighted by atomic mass is 32.2. The molecule has 0 radical (unpaired) electrons. The topological polar surface area (TPSA) is 84.9 Å². The van der Waals surface area contributed by atoms with Crippen LogP contribution in [-0.2, 0) is 26.0 Å². The lowest BCUT2D eigenvalue weighted by Crippen LogP contribution is -2.40. The molecule has 1 amide bonds. The van der Waals surface area contributed by atoms with Crippen molar-refractivity contribution in [3.05, 3.63) is 53.1 Å². The minimum absolute atomic E-state index is 0.113. The van der Waals surface area contributed by atoms with Gasteiger partial charge in [-0.25, -0.2) is 8.42 Å². The van der Waals surface area contributed by atoms with Crippen LogP contribution in [0, 0.1) is 13.8 Å². The molecule has 8 heteroatoms. The number of methoxy groups -OCH3 is 1. The number of aryl methyl sites for hydroxylation is 2. The molecule has 156 valence electrons. The smallest absolute Gasteiger partial charge is 0.243 e. The summed E-state index contributed by atoms with van der Waals surface area (Å²) in [5, 5.41) is 2.79. The van der Waals surface area contributed by atoms with Crippen molar-refractivity contribution in [3.63, 3.8) is 0 Å². The largest absolute Gasteiger partial charge is 0.495 e. The van der Waals surface area contributed by atoms with Crippen molar-refractivity contribution >= 4 is 21.6 Å². The van der Waals surface area contributed by atoms with Gasteiger partial charge < -0.3 is 14.8 Å². The van der Waals surface area contributed by atoms with Crippen LogP contribution in [0.25, 0.3) is 0 Å². The number of carbonyl (C=O) groups is 1. The first kappa shape index (κ1) is 21.3. The van der Waals surface area contributed by atoms with E-state index in [1.807, 2.05) is 32.0 Å². The second-order valence-electron chi connectivity index (χ2n) is 7.02. The average molecular weight is 419 g/mol. The third-order valence-corrected chi connectivity index (χ3v) is 6.88. The Kier molecular flexibility index (Phi) is 6.56. The Labute approximate surface area is 171 Å². The molecule has 0 aliphatic carbocycles. The molecule has 7 nitrogen and oxygen atoms in total. The number of anilines is 1. The summed E-state index contributed by atoms with van der Waals surface area (Å²) in [6.07, 6.45) is 0.185. The van der Waals surface area contributed by atoms with Crippen LogP contribution in [0.2, 0.25) is 0 Å². The number of sulfonamides is 1. The first-order valence-electron chi connectivity index (χ1n) is 9.43. The molecule has 1 aliphatic rings. The van der Waals surface area contributed by atoms with Gasteiger partial charge in [-0.05, 0) is 48.7 Å². The maximum atomic E-state index is 12.9. The number of nitrogens with zero attached hydrogens (tertiary/aromatic N) is 1. The number of rotatable bonds is 6. The van der Waals surface area contributed by atoms with E-state index in [1.54, 1.807) is 6.07 Å². The number of nitrogens with one attached hydrogen (secondary N) is 1. The van der Waals surface area contributed by atoms with Gasteiger partial charge in [-0.15, -0.1) is 0 Å². The van der Waals surface area contributed by atoms with Gasteiger partial charge in [-0.2, -0.15) is 4.31 Å². The normalized spacial score (nSPS) is 15.1. The number of amides is 1. The molecule has 0 spiro atoms. The van der Waals surface area contributed by atoms with Crippen LogP contribution in [0.5, 0.6) is 5.75 Å². The summed E-state index contributed by atoms with van der Waals surface area (Å²) in [5.41, 5.74) is 3.50. The molecular formula is C21H26N2O5S. The van der Waals surface area contributed by atoms with Crippen LogP contribution >= 0.6 is 0 Å². The van der Waals surface area contributed by atoms with Gasteiger partial charge in [-0.3, -0.25) is 4.79 Å². The Morgan fingerprint density at radius 1 is 1.10 bits per heavy atom. The zero-order valence-electron chi connectivity index (χ0n) is 16.9. The Morgan fingerprint density at radius 3 is 2.48 bits per heavy atom. The highest BCUT2D eigenvalue weighted by Gasteiger charge is 2.27. The van der Waals surface area contributed by atoms with E-state index in [2.05, 4.69) is 5.32 Å². The summed E-state index contributed by atoms with van der Waals surface area (Å²) in [5.74, 6) is 0.159. The molecule has 1 fully saturated rings. The lowest BCUT2D eigenvalue weighted by molar-refractivity contribution is -0.115. The molecule has 2 aromatic carbocycles. The molecule has 1 N–H and O–H groups in total. The van der Waals surface area contributed by atoms with Crippen LogP contribution in [0.15, 0.2) is 41.3 Å². The molecule has 2 aromatic rings. The van der Waals surface area contributed by atoms with Crippen LogP contribution in [-0.4, -0.2) is 52.0 Å². The van der Waals surface area contributed by atoms with Crippen LogP contribution in [0.1, 0.15) is 16.7 Å². The van der Waals surface area contributed by atoms with Gasteiger partial charge in [0.15, 0.2) is 0 Å². The van der Waals surface area contributed by atoms with Crippen LogP contribution in [0.3, 0.4) is 0 Å². The molecule has 1 saturated heterocycles. The summed E-state index contributed by atoms with van der Waals surface area (Å²) < 4.78 is 37.7. The Bertz CT molecular complexity index is 998. The van der Waals surface area contributed by atoms with Gasteiger partial charge in [0.25, 0.3) is 0 Å². The third-order valence-electron chi connectivity index (χ3n) is 4.99. The minimum Gasteiger partial charge on any atom is -0.495 e. The summed E-state index contributed by atoms with van der Waals surface area (Å²) in [6, 6.07) is 10.4. The quantitative estimate of drug-likeness (QED) is 0.779. The van der Waals surface area contributed by atoms with Crippen molar-refractivity contribution in [3.8, 4) is 5.75 Å². The molecule has 0 unspecified atom stereocenters. The van der Waals surface area contributed by atoms with Crippen molar-refractivity contribution in [2.75, 3.05) is 38.7 Å². The van der Waals surface area contributed by atoms with Gasteiger partial charge in [-0.1, -0.05) is 18.2 Å². The molecule has 0 saturated carbocycles. The Morgan fingerprint density at radius 2 is 1.83 bits per heavy atom. The first-order chi connectivity index (χ1) is 13.8. The zero-order chi connectivity index (χ0) is 21.0. The lowest BCUT2D eigenvalue weighted by atomic mass is 10.0. The van der Waals surface area contributed by atoms with E-state index >= 15 is 0 Å². The van der Waals surface area contributed by atoms with Crippen molar-refractivity contribution in [2.45, 2.75) is 25.2 Å². The fraction of sp³-hybridized carbons (Fsp3) is 0.381. The number of hydrogen-bond acceptors (Lipinski definition) is 5. The molecule has 1 aliphatic heterocycles. The van der Waals surface area contributed by atoms with E-state index in [9.17, 15) is 13.2 Å². The first-order valence-corrected chi connectivity index (χ1v) is 10.9. The van der Waals surface area contributed by atoms with Crippen LogP contribution < -0.4 is 10.1 Å². The van der Waals surface area contributed by atoms with Crippen molar-refractivity contribution in [1.82, 2.24) is 4.31 Å². The summed E-state index contributed by atoms with van der Waals surface area (Å²) in [4.78, 5) is 12.7. The van der Waals surface area contributed by atoms with Crippen molar-refractivity contribution in [2.24, 2.45) is 0 Å². The minimum atomic E-state index is -3.67. The van der Waals surface area contributed by atoms with E-state index in [0.717, 1.165) is 16.7 Å². The number of ether oxygens (including phenoxy) is 2. The van der Waals surface area contributed by atoms with Crippen molar-refractivity contribution < 1.29 is 22.7 Å². The predicted molar refractivity (Wildman–Crippen MR) is 111 cm³/mol. The molecule has 0 aromatic heterocycles. The molecular weight excluding hydrogens is 392 g/mol. The van der Waals surface area contributed by atoms with Gasteiger partial charge >= 0.3 is 0 Å². The third kappa shape index (κ3) is 4.95. The van der Waals surface area contributed by atoms with E-state index < -0.39 is 10.0 Å². The standard InChI is InChI=1S/C21H26N2O5S/c1-15-4-5-17(12-16(15)2)13-21(24)22-19-14-18(6-7-20(19)27-3)29(25,26)23-8-10-28-11-9-23/h4-7,12,14H,8-11,13H2,1-3H3,(H,22,24). The van der Waals surface area contributed by atoms with Gasteiger partial charge in [0.1, 0.15) is 5.75 Å². The molecule has 29 heavy (non-hydrogen) atoms. The molecule has 0 atom stereocenters. The monoisotopic (exact) mass is 418 g/mol. The molecule has 3 rings (SSSR count). The SMILES string of the molecule is COc1ccc(S(=O)(=O)N2CCOCC2)cc1NC(=O)Cc1ccc(C)c(C)c1. The van der Waals surface area contributed by atoms with Gasteiger partial charge in [0.2, 0.25) is 15.9 Å². The Hall–Kier alpha value is -2.42. The maximum Gasteiger partial charge on any atom is 0.243 e. The fourth-order valence-corrected chi connectivity index (χ4v) is 4.61. The fourth-order valence-electron chi connectivity index (χ4n) is 3.17. The highest BCUT2D eigenvalue weighted by molar-refractivity contribution is 7.89. The molecule has 0 bridgehead atoms. The number of carbonyl (C=O) groups excluding carboxylic acids is 1. The summed E-state index contributed by atoms with van der Waals surface area (Å²) in [6.45, 7) is 5.37. The number of benzene rings is 2. The number of hydrogen-bond donors (Lipinski definition) is 1. The van der Waals surface area contributed by atoms with Crippen LogP contribution in [0.4, 0.5) is 5.69 Å². The van der Waals surface area contributed by atoms with Crippen molar-refractivity contribution in [1.29, 1.82) is 0 Å². The second kappa shape index (κ2) is 8.94. The highest BCUT2D eigenvalue weighted by Crippen LogP contribution is 2.29. The van der Waals surface area contributed by atoms with E-state index in [4.69, 9.17) is 9.47 Å². The predicted octanol–water partition coefficient (Wildman–Crippen LogP) is 2.51. The summed E-state index contributed by atoms with van der Waals surface area (Å²) >= 11 is 0. The lowest BCUT2D eigenvalue weighted by Gasteiger charge is -2.26.